The third kappa shape index (κ3) is 3.56. The summed E-state index contributed by atoms with van der Waals surface area (Å²) in [4.78, 5) is 9.82. The van der Waals surface area contributed by atoms with Crippen LogP contribution < -0.4 is 0 Å². The molecular formula is C3H5NOS. The molecule has 34 valence electrons. The molecule has 0 rings (SSSR count). The first-order valence-electron chi connectivity index (χ1n) is 1.40. The van der Waals surface area contributed by atoms with Gasteiger partial charge in [0, 0.05) is 6.92 Å². The lowest BCUT2D eigenvalue weighted by atomic mass is 10.8. The Bertz CT molecular complexity index is 103. The summed E-state index contributed by atoms with van der Waals surface area (Å²) in [5, 5.41) is 0. The summed E-state index contributed by atoms with van der Waals surface area (Å²) < 4.78 is 3.29. The van der Waals surface area contributed by atoms with Crippen LogP contribution in [0.4, 0.5) is 0 Å². The van der Waals surface area contributed by atoms with Crippen molar-refractivity contribution in [2.24, 2.45) is 4.36 Å². The molecule has 0 fully saturated rings. The summed E-state index contributed by atoms with van der Waals surface area (Å²) in [5.74, 6) is 3.07. The van der Waals surface area contributed by atoms with E-state index in [4.69, 9.17) is 0 Å². The first-order valence-corrected chi connectivity index (χ1v) is 2.34. The van der Waals surface area contributed by atoms with Gasteiger partial charge in [-0.15, -0.1) is 0 Å². The Labute approximate surface area is 39.9 Å². The van der Waals surface area contributed by atoms with Gasteiger partial charge in [0.2, 0.25) is 0 Å². The van der Waals surface area contributed by atoms with Crippen molar-refractivity contribution in [2.45, 2.75) is 6.92 Å². The van der Waals surface area contributed by atoms with Gasteiger partial charge in [-0.25, -0.2) is 0 Å². The molecule has 0 spiro atoms. The van der Waals surface area contributed by atoms with Crippen molar-refractivity contribution >= 4 is 22.9 Å². The second kappa shape index (κ2) is 2.78. The highest BCUT2D eigenvalue weighted by Gasteiger charge is 1.73. The predicted octanol–water partition coefficient (Wildman–Crippen LogP) is 0.231. The van der Waals surface area contributed by atoms with Gasteiger partial charge in [0.15, 0.2) is 0 Å². The van der Waals surface area contributed by atoms with Crippen LogP contribution in [0.25, 0.3) is 0 Å². The van der Waals surface area contributed by atoms with Crippen LogP contribution in [-0.2, 0) is 15.9 Å². The fraction of sp³-hybridized carbons (Fsp3) is 0.333. The lowest BCUT2D eigenvalue weighted by molar-refractivity contribution is -0.115. The zero-order valence-electron chi connectivity index (χ0n) is 3.47. The highest BCUT2D eigenvalue weighted by Crippen LogP contribution is 1.62. The highest BCUT2D eigenvalue weighted by atomic mass is 32.1. The minimum atomic E-state index is -0.185. The van der Waals surface area contributed by atoms with Gasteiger partial charge >= 0.3 is 0 Å². The fourth-order valence-electron chi connectivity index (χ4n) is 0.0909. The van der Waals surface area contributed by atoms with Crippen molar-refractivity contribution in [3.05, 3.63) is 0 Å². The molecular weight excluding hydrogens is 98.1 g/mol. The maximum atomic E-state index is 9.82. The van der Waals surface area contributed by atoms with Gasteiger partial charge in [0.05, 0.1) is 0 Å². The Morgan fingerprint density at radius 1 is 2.00 bits per heavy atom. The van der Waals surface area contributed by atoms with E-state index in [0.29, 0.717) is 0 Å². The molecule has 0 heterocycles. The minimum absolute atomic E-state index is 0.185. The van der Waals surface area contributed by atoms with Gasteiger partial charge in [-0.1, -0.05) is 0 Å². The number of nitrogens with zero attached hydrogens (tertiary/aromatic N) is 1. The number of carbonyl (C=O) groups is 1. The van der Waals surface area contributed by atoms with Crippen molar-refractivity contribution in [2.75, 3.05) is 0 Å². The van der Waals surface area contributed by atoms with E-state index in [9.17, 15) is 4.79 Å². The quantitative estimate of drug-likeness (QED) is 0.403. The SMILES string of the molecule is C=S=NC(C)=O. The topological polar surface area (TPSA) is 29.4 Å². The molecule has 0 radical (unpaired) electrons. The molecule has 0 N–H and O–H groups in total. The average Bonchev–Trinajstić information content (AvgIpc) is 1.35. The van der Waals surface area contributed by atoms with Gasteiger partial charge < -0.3 is 0 Å². The van der Waals surface area contributed by atoms with E-state index in [0.717, 1.165) is 11.1 Å². The molecule has 0 unspecified atom stereocenters. The van der Waals surface area contributed by atoms with E-state index < -0.39 is 0 Å². The highest BCUT2D eigenvalue weighted by molar-refractivity contribution is 7.66. The summed E-state index contributed by atoms with van der Waals surface area (Å²) in [5.41, 5.74) is 0. The van der Waals surface area contributed by atoms with Crippen molar-refractivity contribution in [3.8, 4) is 0 Å². The third-order valence-electron chi connectivity index (χ3n) is 0.193. The van der Waals surface area contributed by atoms with Crippen LogP contribution in [-0.4, -0.2) is 11.8 Å². The van der Waals surface area contributed by atoms with Gasteiger partial charge in [0.1, 0.15) is 0 Å². The molecule has 0 aliphatic heterocycles. The van der Waals surface area contributed by atoms with Gasteiger partial charge in [-0.3, -0.25) is 4.79 Å². The number of rotatable bonds is 0. The van der Waals surface area contributed by atoms with E-state index in [1.165, 1.54) is 6.92 Å². The van der Waals surface area contributed by atoms with Crippen LogP contribution in [0.15, 0.2) is 4.36 Å². The maximum Gasteiger partial charge on any atom is 0.253 e. The molecule has 0 aromatic carbocycles. The Morgan fingerprint density at radius 2 is 2.50 bits per heavy atom. The van der Waals surface area contributed by atoms with Crippen LogP contribution in [0.1, 0.15) is 6.92 Å². The van der Waals surface area contributed by atoms with Crippen LogP contribution in [0, 0.1) is 0 Å². The zero-order valence-corrected chi connectivity index (χ0v) is 4.29. The molecule has 6 heavy (non-hydrogen) atoms. The van der Waals surface area contributed by atoms with Crippen molar-refractivity contribution in [1.29, 1.82) is 0 Å². The number of hydrogen-bond donors (Lipinski definition) is 0. The Hall–Kier alpha value is -0.440. The summed E-state index contributed by atoms with van der Waals surface area (Å²) in [6.07, 6.45) is 0. The molecule has 0 aromatic rings. The Balaban J connectivity index is 3.60. The van der Waals surface area contributed by atoms with Gasteiger partial charge in [0.25, 0.3) is 5.91 Å². The second-order valence-corrected chi connectivity index (χ2v) is 1.18. The first-order chi connectivity index (χ1) is 2.77. The summed E-state index contributed by atoms with van der Waals surface area (Å²) in [7, 11) is 0. The van der Waals surface area contributed by atoms with Crippen LogP contribution >= 0.6 is 0 Å². The minimum Gasteiger partial charge on any atom is -0.272 e. The smallest absolute Gasteiger partial charge is 0.253 e. The molecule has 0 aromatic heterocycles. The van der Waals surface area contributed by atoms with E-state index >= 15 is 0 Å². The van der Waals surface area contributed by atoms with Crippen molar-refractivity contribution in [3.63, 3.8) is 0 Å². The molecule has 3 heteroatoms. The standard InChI is InChI=1S/C3H5NOS/c1-3(5)4-6-2/h2H2,1H3. The molecule has 0 bridgehead atoms. The summed E-state index contributed by atoms with van der Waals surface area (Å²) >= 11 is 0.935. The Morgan fingerprint density at radius 3 is 2.50 bits per heavy atom. The first kappa shape index (κ1) is 5.56. The van der Waals surface area contributed by atoms with Gasteiger partial charge in [-0.2, -0.15) is 4.36 Å². The molecule has 0 aliphatic rings. The van der Waals surface area contributed by atoms with Crippen LogP contribution in [0.2, 0.25) is 0 Å². The van der Waals surface area contributed by atoms with E-state index in [1.54, 1.807) is 0 Å². The monoisotopic (exact) mass is 103 g/mol. The molecule has 0 saturated heterocycles. The van der Waals surface area contributed by atoms with E-state index in [1.807, 2.05) is 0 Å². The summed E-state index contributed by atoms with van der Waals surface area (Å²) in [6, 6.07) is 0. The lowest BCUT2D eigenvalue weighted by Crippen LogP contribution is -1.75. The van der Waals surface area contributed by atoms with E-state index in [2.05, 4.69) is 10.2 Å². The fourth-order valence-corrected chi connectivity index (χ4v) is 0.273. The average molecular weight is 103 g/mol. The lowest BCUT2D eigenvalue weighted by Gasteiger charge is -1.64. The molecule has 2 nitrogen and oxygen atoms in total. The Kier molecular flexibility index (Phi) is 2.58. The number of amides is 1. The van der Waals surface area contributed by atoms with E-state index in [-0.39, 0.29) is 5.91 Å². The van der Waals surface area contributed by atoms with Crippen LogP contribution in [0.3, 0.4) is 0 Å². The predicted molar refractivity (Wildman–Crippen MR) is 27.6 cm³/mol. The third-order valence-corrected chi connectivity index (χ3v) is 0.579. The second-order valence-electron chi connectivity index (χ2n) is 0.739. The van der Waals surface area contributed by atoms with Crippen LogP contribution in [0.5, 0.6) is 0 Å². The largest absolute Gasteiger partial charge is 0.272 e. The number of hydrogen-bond acceptors (Lipinski definition) is 1. The van der Waals surface area contributed by atoms with Gasteiger partial charge in [-0.05, 0) is 17.0 Å². The molecule has 1 amide bonds. The number of carbonyl (C=O) groups excluding carboxylic acids is 1. The molecule has 0 aliphatic carbocycles. The maximum absolute atomic E-state index is 9.82. The summed E-state index contributed by atoms with van der Waals surface area (Å²) in [6.45, 7) is 1.39. The normalized spacial score (nSPS) is 6.83. The molecule has 0 saturated carbocycles. The van der Waals surface area contributed by atoms with Crippen molar-refractivity contribution < 1.29 is 4.79 Å². The zero-order chi connectivity index (χ0) is 4.99. The molecule has 0 atom stereocenters. The van der Waals surface area contributed by atoms with Crippen molar-refractivity contribution in [1.82, 2.24) is 0 Å².